The Balaban J connectivity index is 1.43. The lowest BCUT2D eigenvalue weighted by Gasteiger charge is -2.31. The maximum atomic E-state index is 13.9. The summed E-state index contributed by atoms with van der Waals surface area (Å²) in [4.78, 5) is 65.7. The third-order valence-corrected chi connectivity index (χ3v) is 8.83. The van der Waals surface area contributed by atoms with Crippen LogP contribution in [0.15, 0.2) is 54.6 Å². The average molecular weight is 621 g/mol. The lowest BCUT2D eigenvalue weighted by atomic mass is 9.78. The van der Waals surface area contributed by atoms with Gasteiger partial charge in [-0.3, -0.25) is 28.9 Å². The van der Waals surface area contributed by atoms with Crippen LogP contribution >= 0.6 is 0 Å². The van der Waals surface area contributed by atoms with Crippen LogP contribution in [0, 0.1) is 10.8 Å². The van der Waals surface area contributed by atoms with Crippen molar-refractivity contribution in [1.29, 1.82) is 0 Å². The molecule has 2 N–H and O–H groups in total. The zero-order valence-electron chi connectivity index (χ0n) is 26.4. The molecule has 1 heterocycles. The number of amides is 2. The number of esters is 2. The molecule has 0 saturated heterocycles. The van der Waals surface area contributed by atoms with Gasteiger partial charge in [-0.25, -0.2) is 0 Å². The molecule has 2 unspecified atom stereocenters. The number of aryl methyl sites for hydroxylation is 1. The van der Waals surface area contributed by atoms with Crippen molar-refractivity contribution in [3.05, 3.63) is 65.7 Å². The van der Waals surface area contributed by atoms with E-state index >= 15 is 0 Å². The Morgan fingerprint density at radius 3 is 2.33 bits per heavy atom. The van der Waals surface area contributed by atoms with Crippen LogP contribution in [-0.2, 0) is 39.9 Å². The molecule has 0 spiro atoms. The van der Waals surface area contributed by atoms with Gasteiger partial charge in [-0.2, -0.15) is 0 Å². The fourth-order valence-corrected chi connectivity index (χ4v) is 6.31. The molecule has 10 heteroatoms. The minimum absolute atomic E-state index is 0.201. The molecule has 2 aromatic carbocycles. The van der Waals surface area contributed by atoms with Crippen LogP contribution in [0.25, 0.3) is 0 Å². The fraction of sp³-hybridized carbons (Fsp3) is 0.514. The van der Waals surface area contributed by atoms with Crippen molar-refractivity contribution in [2.24, 2.45) is 10.8 Å². The van der Waals surface area contributed by atoms with Crippen molar-refractivity contribution < 1.29 is 38.6 Å². The molecular formula is C35H44N2O8. The number of hydrogen-bond acceptors (Lipinski definition) is 7. The van der Waals surface area contributed by atoms with E-state index in [0.717, 1.165) is 24.0 Å². The van der Waals surface area contributed by atoms with Gasteiger partial charge in [0, 0.05) is 11.1 Å². The number of rotatable bonds is 12. The molecule has 2 amide bonds. The number of carbonyl (C=O) groups is 5. The first-order valence-corrected chi connectivity index (χ1v) is 15.7. The Labute approximate surface area is 264 Å². The number of para-hydroxylation sites is 1. The summed E-state index contributed by atoms with van der Waals surface area (Å²) in [5.41, 5.74) is 0.790. The van der Waals surface area contributed by atoms with E-state index in [1.54, 1.807) is 32.9 Å². The van der Waals surface area contributed by atoms with Crippen LogP contribution < -0.4 is 10.2 Å². The van der Waals surface area contributed by atoms with Crippen molar-refractivity contribution in [1.82, 2.24) is 5.32 Å². The summed E-state index contributed by atoms with van der Waals surface area (Å²) in [7, 11) is 0. The fourth-order valence-electron chi connectivity index (χ4n) is 6.31. The van der Waals surface area contributed by atoms with Crippen LogP contribution in [0.1, 0.15) is 89.2 Å². The normalized spacial score (nSPS) is 18.3. The molecule has 242 valence electrons. The number of carboxylic acids is 1. The van der Waals surface area contributed by atoms with E-state index in [1.165, 1.54) is 4.90 Å². The van der Waals surface area contributed by atoms with E-state index in [4.69, 9.17) is 9.47 Å². The largest absolute Gasteiger partial charge is 0.480 e. The molecule has 0 bridgehead atoms. The van der Waals surface area contributed by atoms with Crippen LogP contribution in [-0.4, -0.2) is 54.2 Å². The van der Waals surface area contributed by atoms with Gasteiger partial charge >= 0.3 is 17.9 Å². The molecule has 45 heavy (non-hydrogen) atoms. The maximum absolute atomic E-state index is 13.9. The predicted octanol–water partition coefficient (Wildman–Crippen LogP) is 5.14. The van der Waals surface area contributed by atoms with E-state index in [9.17, 15) is 29.1 Å². The van der Waals surface area contributed by atoms with E-state index in [1.807, 2.05) is 42.5 Å². The van der Waals surface area contributed by atoms with Crippen LogP contribution in [0.4, 0.5) is 5.69 Å². The van der Waals surface area contributed by atoms with E-state index in [0.29, 0.717) is 50.6 Å². The first kappa shape index (κ1) is 33.7. The third kappa shape index (κ3) is 8.49. The molecule has 1 aliphatic heterocycles. The second-order valence-corrected chi connectivity index (χ2v) is 13.1. The second kappa shape index (κ2) is 14.7. The Kier molecular flexibility index (Phi) is 11.0. The number of carboxylic acid groups (broad SMARTS) is 1. The van der Waals surface area contributed by atoms with Crippen molar-refractivity contribution in [2.75, 3.05) is 18.2 Å². The number of ether oxygens (including phenoxy) is 2. The first-order valence-electron chi connectivity index (χ1n) is 15.7. The average Bonchev–Trinajstić information content (AvgIpc) is 3.45. The number of hydrogen-bond donors (Lipinski definition) is 2. The summed E-state index contributed by atoms with van der Waals surface area (Å²) in [6.07, 6.45) is 5.50. The predicted molar refractivity (Wildman–Crippen MR) is 167 cm³/mol. The summed E-state index contributed by atoms with van der Waals surface area (Å²) in [6.45, 7) is 4.20. The molecule has 1 fully saturated rings. The smallest absolute Gasteiger partial charge is 0.323 e. The standard InChI is InChI=1S/C35H44N2O8/c1-34(2,3)33(43)45-23-44-31(41)26(24-12-5-4-6-13-24)15-11-21-35(19-9-10-20-35)32(42)36-27-18-17-25-14-7-8-16-28(25)37(30(27)40)22-29(38)39/h4-8,12-14,16,26-27H,9-11,15,17-23H2,1-3H3,(H,36,42)(H,38,39). The van der Waals surface area contributed by atoms with Gasteiger partial charge in [0.15, 0.2) is 0 Å². The Hall–Kier alpha value is -4.21. The molecule has 2 aromatic rings. The topological polar surface area (TPSA) is 139 Å². The van der Waals surface area contributed by atoms with Gasteiger partial charge in [0.2, 0.25) is 18.6 Å². The molecule has 1 aliphatic carbocycles. The van der Waals surface area contributed by atoms with Gasteiger partial charge in [0.25, 0.3) is 0 Å². The van der Waals surface area contributed by atoms with Gasteiger partial charge in [-0.1, -0.05) is 67.8 Å². The highest BCUT2D eigenvalue weighted by atomic mass is 16.7. The number of nitrogens with zero attached hydrogens (tertiary/aromatic N) is 1. The van der Waals surface area contributed by atoms with Crippen LogP contribution in [0.3, 0.4) is 0 Å². The number of carbonyl (C=O) groups excluding carboxylic acids is 4. The number of nitrogens with one attached hydrogen (secondary N) is 1. The van der Waals surface area contributed by atoms with Crippen molar-refractivity contribution in [2.45, 2.75) is 90.5 Å². The SMILES string of the molecule is CC(C)(C)C(=O)OCOC(=O)C(CCCC1(C(=O)NC2CCc3ccccc3N(CC(=O)O)C2=O)CCCC1)c1ccccc1. The summed E-state index contributed by atoms with van der Waals surface area (Å²) in [5.74, 6) is -3.34. The van der Waals surface area contributed by atoms with Gasteiger partial charge in [-0.15, -0.1) is 0 Å². The number of fused-ring (bicyclic) bond motifs is 1. The molecule has 4 rings (SSSR count). The minimum Gasteiger partial charge on any atom is -0.480 e. The highest BCUT2D eigenvalue weighted by Gasteiger charge is 2.43. The van der Waals surface area contributed by atoms with E-state index in [-0.39, 0.29) is 5.91 Å². The summed E-state index contributed by atoms with van der Waals surface area (Å²) in [6, 6.07) is 15.6. The highest BCUT2D eigenvalue weighted by Crippen LogP contribution is 2.44. The van der Waals surface area contributed by atoms with Crippen molar-refractivity contribution in [3.63, 3.8) is 0 Å². The molecule has 2 aliphatic rings. The Bertz CT molecular complexity index is 1380. The molecule has 0 aromatic heterocycles. The van der Waals surface area contributed by atoms with Gasteiger partial charge in [-0.05, 0) is 76.5 Å². The van der Waals surface area contributed by atoms with Crippen molar-refractivity contribution >= 4 is 35.4 Å². The van der Waals surface area contributed by atoms with Crippen molar-refractivity contribution in [3.8, 4) is 0 Å². The molecule has 2 atom stereocenters. The Morgan fingerprint density at radius 1 is 1.00 bits per heavy atom. The van der Waals surface area contributed by atoms with E-state index in [2.05, 4.69) is 5.32 Å². The monoisotopic (exact) mass is 620 g/mol. The van der Waals surface area contributed by atoms with Gasteiger partial charge in [0.05, 0.1) is 11.3 Å². The van der Waals surface area contributed by atoms with Gasteiger partial charge < -0.3 is 19.9 Å². The summed E-state index contributed by atoms with van der Waals surface area (Å²) >= 11 is 0. The van der Waals surface area contributed by atoms with Crippen LogP contribution in [0.2, 0.25) is 0 Å². The lowest BCUT2D eigenvalue weighted by Crippen LogP contribution is -2.52. The number of anilines is 1. The maximum Gasteiger partial charge on any atom is 0.323 e. The lowest BCUT2D eigenvalue weighted by molar-refractivity contribution is -0.174. The third-order valence-electron chi connectivity index (χ3n) is 8.83. The molecule has 1 saturated carbocycles. The Morgan fingerprint density at radius 2 is 1.67 bits per heavy atom. The zero-order valence-corrected chi connectivity index (χ0v) is 26.4. The number of benzene rings is 2. The second-order valence-electron chi connectivity index (χ2n) is 13.1. The quantitative estimate of drug-likeness (QED) is 0.246. The molecule has 10 nitrogen and oxygen atoms in total. The van der Waals surface area contributed by atoms with Gasteiger partial charge in [0.1, 0.15) is 12.6 Å². The summed E-state index contributed by atoms with van der Waals surface area (Å²) < 4.78 is 10.5. The summed E-state index contributed by atoms with van der Waals surface area (Å²) in [5, 5.41) is 12.5. The number of aliphatic carboxylic acids is 1. The van der Waals surface area contributed by atoms with Crippen LogP contribution in [0.5, 0.6) is 0 Å². The molecule has 0 radical (unpaired) electrons. The zero-order chi connectivity index (χ0) is 32.6. The first-order chi connectivity index (χ1) is 21.4. The molecular weight excluding hydrogens is 576 g/mol. The minimum atomic E-state index is -1.13. The highest BCUT2D eigenvalue weighted by molar-refractivity contribution is 6.03. The van der Waals surface area contributed by atoms with E-state index < -0.39 is 59.9 Å².